The summed E-state index contributed by atoms with van der Waals surface area (Å²) in [5.41, 5.74) is 4.24. The number of nitrogens with zero attached hydrogens (tertiary/aromatic N) is 1. The van der Waals surface area contributed by atoms with Gasteiger partial charge in [0.15, 0.2) is 0 Å². The topological polar surface area (TPSA) is 38.9 Å². The van der Waals surface area contributed by atoms with E-state index in [9.17, 15) is 22.0 Å². The van der Waals surface area contributed by atoms with Gasteiger partial charge in [0.05, 0.1) is 17.8 Å². The smallest absolute Gasteiger partial charge is 0.320 e. The largest absolute Gasteiger partial charge is 0.419 e. The molecule has 2 aromatic rings. The number of pyridine rings is 1. The quantitative estimate of drug-likeness (QED) is 0.860. The predicted octanol–water partition coefficient (Wildman–Crippen LogP) is 3.43. The Morgan fingerprint density at radius 1 is 1.05 bits per heavy atom. The third-order valence-electron chi connectivity index (χ3n) is 2.79. The van der Waals surface area contributed by atoms with Gasteiger partial charge in [-0.2, -0.15) is 13.2 Å². The Kier molecular flexibility index (Phi) is 3.71. The minimum absolute atomic E-state index is 0.0141. The minimum atomic E-state index is -4.84. The van der Waals surface area contributed by atoms with Crippen molar-refractivity contribution in [2.24, 2.45) is 5.73 Å². The highest BCUT2D eigenvalue weighted by Crippen LogP contribution is 2.33. The Bertz CT molecular complexity index is 624. The molecule has 106 valence electrons. The second-order valence-corrected chi connectivity index (χ2v) is 4.11. The summed E-state index contributed by atoms with van der Waals surface area (Å²) in [5, 5.41) is 0. The predicted molar refractivity (Wildman–Crippen MR) is 61.6 cm³/mol. The van der Waals surface area contributed by atoms with Crippen LogP contribution in [-0.4, -0.2) is 4.98 Å². The van der Waals surface area contributed by atoms with E-state index in [-0.39, 0.29) is 11.1 Å². The third kappa shape index (κ3) is 2.77. The van der Waals surface area contributed by atoms with Crippen LogP contribution in [0.5, 0.6) is 0 Å². The maximum absolute atomic E-state index is 13.5. The molecule has 0 amide bonds. The molecule has 7 heteroatoms. The molecule has 0 fully saturated rings. The summed E-state index contributed by atoms with van der Waals surface area (Å²) in [6, 6.07) is 2.46. The first-order chi connectivity index (χ1) is 9.30. The fourth-order valence-corrected chi connectivity index (χ4v) is 1.77. The molecule has 2 rings (SSSR count). The summed E-state index contributed by atoms with van der Waals surface area (Å²) in [6.45, 7) is 0. The van der Waals surface area contributed by atoms with Crippen molar-refractivity contribution in [3.63, 3.8) is 0 Å². The Hall–Kier alpha value is -2.02. The summed E-state index contributed by atoms with van der Waals surface area (Å²) in [6.07, 6.45) is -2.66. The van der Waals surface area contributed by atoms with Crippen LogP contribution in [0.3, 0.4) is 0 Å². The van der Waals surface area contributed by atoms with Gasteiger partial charge in [0, 0.05) is 11.8 Å². The van der Waals surface area contributed by atoms with E-state index in [1.54, 1.807) is 0 Å². The van der Waals surface area contributed by atoms with Gasteiger partial charge in [-0.15, -0.1) is 0 Å². The van der Waals surface area contributed by atoms with Crippen LogP contribution in [0.15, 0.2) is 36.7 Å². The molecule has 20 heavy (non-hydrogen) atoms. The summed E-state index contributed by atoms with van der Waals surface area (Å²) in [5.74, 6) is -2.14. The molecule has 1 aromatic heterocycles. The first-order valence-electron chi connectivity index (χ1n) is 5.52. The van der Waals surface area contributed by atoms with Gasteiger partial charge >= 0.3 is 6.18 Å². The standard InChI is InChI=1S/C13H9F5N2/c14-10-2-1-7(5-9(10)13(16,17)18)12(19)8-3-4-20-6-11(8)15/h1-6,12H,19H2. The molecule has 0 aliphatic rings. The van der Waals surface area contributed by atoms with Gasteiger partial charge in [-0.25, -0.2) is 8.78 Å². The molecule has 1 unspecified atom stereocenters. The van der Waals surface area contributed by atoms with Crippen LogP contribution in [0, 0.1) is 11.6 Å². The molecule has 1 atom stereocenters. The molecule has 2 nitrogen and oxygen atoms in total. The zero-order valence-corrected chi connectivity index (χ0v) is 9.96. The molecule has 1 heterocycles. The SMILES string of the molecule is NC(c1ccc(F)c(C(F)(F)F)c1)c1ccncc1F. The second-order valence-electron chi connectivity index (χ2n) is 4.11. The molecule has 0 saturated heterocycles. The van der Waals surface area contributed by atoms with Crippen LogP contribution >= 0.6 is 0 Å². The van der Waals surface area contributed by atoms with Gasteiger partial charge in [0.25, 0.3) is 0 Å². The van der Waals surface area contributed by atoms with E-state index in [0.29, 0.717) is 12.1 Å². The molecular formula is C13H9F5N2. The lowest BCUT2D eigenvalue weighted by molar-refractivity contribution is -0.140. The highest BCUT2D eigenvalue weighted by Gasteiger charge is 2.34. The van der Waals surface area contributed by atoms with Gasteiger partial charge in [-0.05, 0) is 23.8 Å². The van der Waals surface area contributed by atoms with Crippen molar-refractivity contribution in [2.75, 3.05) is 0 Å². The van der Waals surface area contributed by atoms with E-state index in [1.807, 2.05) is 0 Å². The molecule has 0 spiro atoms. The molecule has 2 N–H and O–H groups in total. The van der Waals surface area contributed by atoms with Crippen LogP contribution in [0.2, 0.25) is 0 Å². The average Bonchev–Trinajstić information content (AvgIpc) is 2.37. The molecule has 0 bridgehead atoms. The van der Waals surface area contributed by atoms with Crippen LogP contribution in [-0.2, 0) is 6.18 Å². The van der Waals surface area contributed by atoms with Crippen LogP contribution in [0.4, 0.5) is 22.0 Å². The zero-order chi connectivity index (χ0) is 14.9. The third-order valence-corrected chi connectivity index (χ3v) is 2.79. The summed E-state index contributed by atoms with van der Waals surface area (Å²) in [4.78, 5) is 3.52. The number of aromatic nitrogens is 1. The lowest BCUT2D eigenvalue weighted by atomic mass is 9.98. The Morgan fingerprint density at radius 3 is 2.35 bits per heavy atom. The highest BCUT2D eigenvalue weighted by molar-refractivity contribution is 5.35. The number of halogens is 5. The average molecular weight is 288 g/mol. The Morgan fingerprint density at radius 2 is 1.75 bits per heavy atom. The number of alkyl halides is 3. The van der Waals surface area contributed by atoms with E-state index < -0.39 is 29.4 Å². The van der Waals surface area contributed by atoms with Gasteiger partial charge in [0.2, 0.25) is 0 Å². The molecule has 0 aliphatic carbocycles. The Labute approximate surface area is 111 Å². The lowest BCUT2D eigenvalue weighted by Gasteiger charge is -2.16. The van der Waals surface area contributed by atoms with Crippen molar-refractivity contribution in [3.05, 3.63) is 65.0 Å². The molecule has 0 radical (unpaired) electrons. The van der Waals surface area contributed by atoms with E-state index in [1.165, 1.54) is 12.3 Å². The van der Waals surface area contributed by atoms with Gasteiger partial charge in [0.1, 0.15) is 11.6 Å². The summed E-state index contributed by atoms with van der Waals surface area (Å²) < 4.78 is 64.5. The second kappa shape index (κ2) is 5.16. The lowest BCUT2D eigenvalue weighted by Crippen LogP contribution is -2.16. The molecule has 0 saturated carbocycles. The number of nitrogens with two attached hydrogens (primary N) is 1. The van der Waals surface area contributed by atoms with Crippen LogP contribution < -0.4 is 5.73 Å². The minimum Gasteiger partial charge on any atom is -0.320 e. The maximum atomic E-state index is 13.5. The molecule has 1 aromatic carbocycles. The number of hydrogen-bond donors (Lipinski definition) is 1. The van der Waals surface area contributed by atoms with Crippen LogP contribution in [0.1, 0.15) is 22.7 Å². The normalized spacial score (nSPS) is 13.3. The zero-order valence-electron chi connectivity index (χ0n) is 9.96. The summed E-state index contributed by atoms with van der Waals surface area (Å²) >= 11 is 0. The van der Waals surface area contributed by atoms with E-state index in [4.69, 9.17) is 5.73 Å². The first kappa shape index (κ1) is 14.4. The van der Waals surface area contributed by atoms with Crippen molar-refractivity contribution >= 4 is 0 Å². The maximum Gasteiger partial charge on any atom is 0.419 e. The van der Waals surface area contributed by atoms with E-state index >= 15 is 0 Å². The Balaban J connectivity index is 2.46. The van der Waals surface area contributed by atoms with Crippen molar-refractivity contribution < 1.29 is 22.0 Å². The fourth-order valence-electron chi connectivity index (χ4n) is 1.77. The highest BCUT2D eigenvalue weighted by atomic mass is 19.4. The van der Waals surface area contributed by atoms with E-state index in [2.05, 4.69) is 4.98 Å². The number of rotatable bonds is 2. The number of benzene rings is 1. The van der Waals surface area contributed by atoms with Crippen molar-refractivity contribution in [2.45, 2.75) is 12.2 Å². The van der Waals surface area contributed by atoms with Crippen molar-refractivity contribution in [1.82, 2.24) is 4.98 Å². The number of hydrogen-bond acceptors (Lipinski definition) is 2. The van der Waals surface area contributed by atoms with Crippen molar-refractivity contribution in [1.29, 1.82) is 0 Å². The van der Waals surface area contributed by atoms with Crippen molar-refractivity contribution in [3.8, 4) is 0 Å². The van der Waals surface area contributed by atoms with Gasteiger partial charge in [-0.3, -0.25) is 4.98 Å². The molecular weight excluding hydrogens is 279 g/mol. The fraction of sp³-hybridized carbons (Fsp3) is 0.154. The van der Waals surface area contributed by atoms with Gasteiger partial charge < -0.3 is 5.73 Å². The molecule has 0 aliphatic heterocycles. The monoisotopic (exact) mass is 288 g/mol. The first-order valence-corrected chi connectivity index (χ1v) is 5.52. The van der Waals surface area contributed by atoms with Crippen LogP contribution in [0.25, 0.3) is 0 Å². The van der Waals surface area contributed by atoms with E-state index in [0.717, 1.165) is 12.3 Å². The summed E-state index contributed by atoms with van der Waals surface area (Å²) in [7, 11) is 0. The van der Waals surface area contributed by atoms with Gasteiger partial charge in [-0.1, -0.05) is 6.07 Å².